The van der Waals surface area contributed by atoms with Crippen molar-refractivity contribution >= 4 is 0 Å². The Kier molecular flexibility index (Phi) is 54.0. The topological polar surface area (TPSA) is 293 Å². The molecule has 480 valence electrons. The van der Waals surface area contributed by atoms with Crippen LogP contribution in [0.3, 0.4) is 0 Å². The summed E-state index contributed by atoms with van der Waals surface area (Å²) in [6, 6.07) is 0.165. The molecule has 4 atom stereocenters. The Morgan fingerprint density at radius 2 is 0.718 bits per heavy atom. The van der Waals surface area contributed by atoms with E-state index in [0.717, 1.165) is 45.5 Å². The average molecular weight is 1140 g/mol. The summed E-state index contributed by atoms with van der Waals surface area (Å²) in [5.74, 6) is -0.973. The Labute approximate surface area is 482 Å². The molecule has 0 saturated heterocycles. The van der Waals surface area contributed by atoms with Crippen LogP contribution >= 0.6 is 0 Å². The molecule has 0 spiro atoms. The first-order valence-corrected chi connectivity index (χ1v) is 29.0. The number of ether oxygens (including phenoxy) is 12. The molecule has 4 unspecified atom stereocenters. The van der Waals surface area contributed by atoms with E-state index in [1.165, 1.54) is 0 Å². The second-order valence-corrected chi connectivity index (χ2v) is 25.8. The van der Waals surface area contributed by atoms with Gasteiger partial charge in [-0.25, -0.2) is 0 Å². The van der Waals surface area contributed by atoms with Crippen molar-refractivity contribution in [3.8, 4) is 0 Å². The molecule has 0 fully saturated rings. The van der Waals surface area contributed by atoms with E-state index in [4.69, 9.17) is 97.0 Å². The van der Waals surface area contributed by atoms with Gasteiger partial charge in [-0.1, -0.05) is 75.7 Å². The summed E-state index contributed by atoms with van der Waals surface area (Å²) < 4.78 is 65.6. The van der Waals surface area contributed by atoms with Crippen LogP contribution in [0, 0.1) is 17.3 Å². The SMILES string of the molecule is CC(C)(C)COC(C)(C)OCC(C)(C)N.CC(C)COC(C)(C)OCC(C)N.CC(OCC(C)(C)N)OCC(C)(C)N.CCC(C)COC(C)(C)OCC(N)CC.CCCOC(C)(C)OCCN.CCCOC(C)OCCN. The molecule has 0 saturated carbocycles. The minimum absolute atomic E-state index is 0.0573. The second kappa shape index (κ2) is 47.6. The van der Waals surface area contributed by atoms with Crippen LogP contribution in [0.5, 0.6) is 0 Å². The van der Waals surface area contributed by atoms with Gasteiger partial charge >= 0.3 is 0 Å². The van der Waals surface area contributed by atoms with Gasteiger partial charge in [-0.15, -0.1) is 0 Å². The van der Waals surface area contributed by atoms with Crippen LogP contribution < -0.4 is 40.1 Å². The lowest BCUT2D eigenvalue weighted by atomic mass is 9.98. The van der Waals surface area contributed by atoms with Gasteiger partial charge in [0.1, 0.15) is 0 Å². The molecule has 14 N–H and O–H groups in total. The zero-order valence-electron chi connectivity index (χ0n) is 56.1. The second-order valence-electron chi connectivity index (χ2n) is 25.8. The van der Waals surface area contributed by atoms with E-state index in [9.17, 15) is 0 Å². The lowest BCUT2D eigenvalue weighted by Gasteiger charge is -2.32. The third-order valence-corrected chi connectivity index (χ3v) is 9.31. The Hall–Kier alpha value is -0.760. The van der Waals surface area contributed by atoms with E-state index < -0.39 is 23.1 Å². The van der Waals surface area contributed by atoms with Crippen LogP contribution in [0.15, 0.2) is 0 Å². The first kappa shape index (κ1) is 88.5. The van der Waals surface area contributed by atoms with Crippen molar-refractivity contribution in [2.24, 2.45) is 57.4 Å². The van der Waals surface area contributed by atoms with E-state index in [2.05, 4.69) is 69.2 Å². The monoisotopic (exact) mass is 1140 g/mol. The standard InChI is InChI=1S/2C12H27NO2.C10H24N2O2.C10H23NO2.C8H19NO2.C7H17NO2/c1-10(2,3)8-14-12(6,7)15-9-11(4,5)13;1-6-10(3)8-14-12(4,5)15-9-11(13)7-2;1-8(13-6-9(2,3)11)14-7-10(4,5)12;1-8(2)6-12-10(4,5)13-7-9(3)11;1-4-6-10-8(2,3)11-7-5-9;1-3-5-9-7(2)10-6-4-8/h8-9,13H2,1-7H3;10-11H,6-9,13H2,1-5H3;8H,6-7,11-12H2,1-5H3;8-9H,6-7,11H2,1-5H3;4-7,9H2,1-3H3;7H,3-6,8H2,1-2H3. The molecular formula is C59H137N7O12. The van der Waals surface area contributed by atoms with Crippen LogP contribution in [0.1, 0.15) is 213 Å². The van der Waals surface area contributed by atoms with Crippen molar-refractivity contribution in [1.82, 2.24) is 0 Å². The quantitative estimate of drug-likeness (QED) is 0.0285. The largest absolute Gasteiger partial charge is 0.353 e. The lowest BCUT2D eigenvalue weighted by Crippen LogP contribution is -2.42. The lowest BCUT2D eigenvalue weighted by molar-refractivity contribution is -0.229. The molecule has 78 heavy (non-hydrogen) atoms. The summed E-state index contributed by atoms with van der Waals surface area (Å²) in [5.41, 5.74) is 38.4. The van der Waals surface area contributed by atoms with Gasteiger partial charge in [0.2, 0.25) is 0 Å². The van der Waals surface area contributed by atoms with E-state index in [1.807, 2.05) is 118 Å². The van der Waals surface area contributed by atoms with Gasteiger partial charge in [0.15, 0.2) is 35.7 Å². The first-order chi connectivity index (χ1) is 35.2. The first-order valence-electron chi connectivity index (χ1n) is 29.0. The molecule has 0 amide bonds. The maximum absolute atomic E-state index is 5.84. The van der Waals surface area contributed by atoms with Gasteiger partial charge in [0.05, 0.1) is 66.1 Å². The Morgan fingerprint density at radius 1 is 0.359 bits per heavy atom. The van der Waals surface area contributed by atoms with Gasteiger partial charge in [0.25, 0.3) is 0 Å². The highest BCUT2D eigenvalue weighted by atomic mass is 16.7. The van der Waals surface area contributed by atoms with Crippen LogP contribution in [-0.2, 0) is 56.8 Å². The van der Waals surface area contributed by atoms with Crippen LogP contribution in [0.25, 0.3) is 0 Å². The smallest absolute Gasteiger partial charge is 0.162 e. The van der Waals surface area contributed by atoms with Crippen molar-refractivity contribution < 1.29 is 56.8 Å². The summed E-state index contributed by atoms with van der Waals surface area (Å²) in [7, 11) is 0. The van der Waals surface area contributed by atoms with E-state index in [0.29, 0.717) is 84.4 Å². The zero-order chi connectivity index (χ0) is 62.7. The predicted molar refractivity (Wildman–Crippen MR) is 326 cm³/mol. The zero-order valence-corrected chi connectivity index (χ0v) is 56.1. The molecule has 0 aromatic rings. The molecule has 0 aliphatic carbocycles. The van der Waals surface area contributed by atoms with E-state index in [-0.39, 0.29) is 46.7 Å². The summed E-state index contributed by atoms with van der Waals surface area (Å²) >= 11 is 0. The molecule has 0 aromatic carbocycles. The Morgan fingerprint density at radius 3 is 1.09 bits per heavy atom. The Balaban J connectivity index is -0.000000200. The van der Waals surface area contributed by atoms with E-state index >= 15 is 0 Å². The molecule has 19 heteroatoms. The number of hydrogen-bond acceptors (Lipinski definition) is 19. The van der Waals surface area contributed by atoms with Crippen molar-refractivity contribution in [2.45, 2.75) is 277 Å². The van der Waals surface area contributed by atoms with Gasteiger partial charge in [-0.2, -0.15) is 0 Å². The van der Waals surface area contributed by atoms with E-state index in [1.54, 1.807) is 0 Å². The van der Waals surface area contributed by atoms with Gasteiger partial charge in [0, 0.05) is 55.0 Å². The summed E-state index contributed by atoms with van der Waals surface area (Å²) in [4.78, 5) is 0. The third kappa shape index (κ3) is 81.7. The van der Waals surface area contributed by atoms with Gasteiger partial charge < -0.3 is 97.0 Å². The normalized spacial score (nSPS) is 14.3. The minimum Gasteiger partial charge on any atom is -0.353 e. The van der Waals surface area contributed by atoms with Gasteiger partial charge in [-0.05, 0) is 154 Å². The van der Waals surface area contributed by atoms with Crippen molar-refractivity contribution in [3.05, 3.63) is 0 Å². The summed E-state index contributed by atoms with van der Waals surface area (Å²) in [5, 5.41) is 0. The number of nitrogens with two attached hydrogens (primary N) is 7. The maximum atomic E-state index is 5.84. The maximum Gasteiger partial charge on any atom is 0.162 e. The molecule has 0 aliphatic rings. The molecule has 0 radical (unpaired) electrons. The Bertz CT molecular complexity index is 1200. The molecule has 0 heterocycles. The number of hydrogen-bond donors (Lipinski definition) is 7. The molecule has 0 aromatic heterocycles. The molecule has 19 nitrogen and oxygen atoms in total. The molecule has 0 bridgehead atoms. The summed E-state index contributed by atoms with van der Waals surface area (Å²) in [6.07, 6.45) is 3.72. The fraction of sp³-hybridized carbons (Fsp3) is 1.00. The van der Waals surface area contributed by atoms with Crippen LogP contribution in [-0.4, -0.2) is 157 Å². The highest BCUT2D eigenvalue weighted by Crippen LogP contribution is 2.21. The highest BCUT2D eigenvalue weighted by Gasteiger charge is 2.26. The van der Waals surface area contributed by atoms with Crippen LogP contribution in [0.4, 0.5) is 0 Å². The van der Waals surface area contributed by atoms with Crippen LogP contribution in [0.2, 0.25) is 0 Å². The molecule has 0 aliphatic heterocycles. The van der Waals surface area contributed by atoms with Crippen molar-refractivity contribution in [2.75, 3.05) is 92.4 Å². The molecular weight excluding hydrogens is 999 g/mol. The summed E-state index contributed by atoms with van der Waals surface area (Å²) in [6.45, 7) is 62.0. The molecule has 0 rings (SSSR count). The van der Waals surface area contributed by atoms with Crippen molar-refractivity contribution in [1.29, 1.82) is 0 Å². The van der Waals surface area contributed by atoms with Gasteiger partial charge in [-0.3, -0.25) is 0 Å². The van der Waals surface area contributed by atoms with Crippen molar-refractivity contribution in [3.63, 3.8) is 0 Å². The highest BCUT2D eigenvalue weighted by molar-refractivity contribution is 4.74. The fourth-order valence-electron chi connectivity index (χ4n) is 4.43. The minimum atomic E-state index is -0.566. The average Bonchev–Trinajstić information content (AvgIpc) is 3.31. The fourth-order valence-corrected chi connectivity index (χ4v) is 4.43. The number of rotatable bonds is 37. The third-order valence-electron chi connectivity index (χ3n) is 9.31. The predicted octanol–water partition coefficient (Wildman–Crippen LogP) is 9.54.